The van der Waals surface area contributed by atoms with E-state index in [0.29, 0.717) is 23.2 Å². The fourth-order valence-electron chi connectivity index (χ4n) is 3.98. The Bertz CT molecular complexity index is 796. The van der Waals surface area contributed by atoms with Gasteiger partial charge in [-0.1, -0.05) is 23.7 Å². The zero-order chi connectivity index (χ0) is 18.3. The van der Waals surface area contributed by atoms with E-state index in [2.05, 4.69) is 4.90 Å². The minimum absolute atomic E-state index is 0.0522. The molecule has 2 aliphatic heterocycles. The number of sulfone groups is 1. The summed E-state index contributed by atoms with van der Waals surface area (Å²) in [5.74, 6) is 1.19. The van der Waals surface area contributed by atoms with Crippen LogP contribution in [-0.4, -0.2) is 74.0 Å². The molecule has 2 atom stereocenters. The van der Waals surface area contributed by atoms with Crippen LogP contribution in [0.5, 0.6) is 5.75 Å². The number of hydrogen-bond acceptors (Lipinski definition) is 5. The number of benzene rings is 1. The quantitative estimate of drug-likeness (QED) is 0.750. The summed E-state index contributed by atoms with van der Waals surface area (Å²) in [6.45, 7) is 2.10. The fraction of sp³-hybridized carbons (Fsp3) is 0.611. The van der Waals surface area contributed by atoms with Crippen LogP contribution in [0.2, 0.25) is 5.02 Å². The summed E-state index contributed by atoms with van der Waals surface area (Å²) in [6, 6.07) is 6.66. The van der Waals surface area contributed by atoms with Gasteiger partial charge in [-0.25, -0.2) is 8.42 Å². The molecule has 1 aliphatic carbocycles. The topological polar surface area (TPSA) is 66.9 Å². The Morgan fingerprint density at radius 3 is 2.62 bits per heavy atom. The van der Waals surface area contributed by atoms with E-state index in [4.69, 9.17) is 16.3 Å². The summed E-state index contributed by atoms with van der Waals surface area (Å²) in [7, 11) is -3.11. The Balaban J connectivity index is 1.44. The summed E-state index contributed by atoms with van der Waals surface area (Å²) < 4.78 is 30.0. The van der Waals surface area contributed by atoms with E-state index in [0.717, 1.165) is 13.1 Å². The van der Waals surface area contributed by atoms with Crippen LogP contribution in [0.3, 0.4) is 0 Å². The van der Waals surface area contributed by atoms with Crippen molar-refractivity contribution in [2.75, 3.05) is 37.7 Å². The number of hydrogen-bond donors (Lipinski definition) is 0. The predicted octanol–water partition coefficient (Wildman–Crippen LogP) is 1.44. The molecule has 26 heavy (non-hydrogen) atoms. The van der Waals surface area contributed by atoms with Crippen molar-refractivity contribution in [1.29, 1.82) is 0 Å². The largest absolute Gasteiger partial charge is 0.482 e. The number of para-hydroxylation sites is 1. The van der Waals surface area contributed by atoms with Crippen LogP contribution in [0.25, 0.3) is 0 Å². The van der Waals surface area contributed by atoms with Crippen molar-refractivity contribution >= 4 is 27.3 Å². The Labute approximate surface area is 159 Å². The number of fused-ring (bicyclic) bond motifs is 1. The number of amides is 1. The minimum Gasteiger partial charge on any atom is -0.482 e. The van der Waals surface area contributed by atoms with Gasteiger partial charge >= 0.3 is 0 Å². The molecule has 0 spiro atoms. The standard InChI is InChI=1S/C18H23ClN2O4S/c19-14-3-1-2-4-17(14)25-10-18(22)21-8-7-20(9-13-5-6-13)15-11-26(23,24)12-16(15)21/h1-4,13,15-16H,5-12H2/t15-,16+/m1/s1. The van der Waals surface area contributed by atoms with Crippen LogP contribution >= 0.6 is 11.6 Å². The average Bonchev–Trinajstić information content (AvgIpc) is 3.34. The number of piperazine rings is 1. The molecule has 1 aromatic rings. The van der Waals surface area contributed by atoms with E-state index in [-0.39, 0.29) is 36.1 Å². The summed E-state index contributed by atoms with van der Waals surface area (Å²) in [6.07, 6.45) is 2.46. The average molecular weight is 399 g/mol. The van der Waals surface area contributed by atoms with Crippen LogP contribution in [0, 0.1) is 5.92 Å². The highest BCUT2D eigenvalue weighted by Crippen LogP contribution is 2.34. The SMILES string of the molecule is O=C(COc1ccccc1Cl)N1CCN(CC2CC2)[C@@H]2CS(=O)(=O)C[C@@H]21. The number of carbonyl (C=O) groups is 1. The Hall–Kier alpha value is -1.31. The van der Waals surface area contributed by atoms with Crippen LogP contribution in [0.1, 0.15) is 12.8 Å². The highest BCUT2D eigenvalue weighted by atomic mass is 35.5. The first-order valence-corrected chi connectivity index (χ1v) is 11.2. The molecule has 1 aromatic carbocycles. The number of rotatable bonds is 5. The summed E-state index contributed by atoms with van der Waals surface area (Å²) in [5, 5.41) is 0.455. The first-order valence-electron chi connectivity index (χ1n) is 9.04. The van der Waals surface area contributed by atoms with E-state index in [1.165, 1.54) is 12.8 Å². The Kier molecular flexibility index (Phi) is 4.88. The van der Waals surface area contributed by atoms with Gasteiger partial charge in [0, 0.05) is 25.7 Å². The van der Waals surface area contributed by atoms with Gasteiger partial charge in [-0.05, 0) is 30.9 Å². The third kappa shape index (κ3) is 3.85. The molecule has 0 unspecified atom stereocenters. The zero-order valence-corrected chi connectivity index (χ0v) is 16.1. The molecule has 1 saturated carbocycles. The van der Waals surface area contributed by atoms with Crippen molar-refractivity contribution in [3.05, 3.63) is 29.3 Å². The molecule has 2 heterocycles. The van der Waals surface area contributed by atoms with Gasteiger partial charge < -0.3 is 9.64 Å². The van der Waals surface area contributed by atoms with Gasteiger partial charge in [0.25, 0.3) is 5.91 Å². The molecule has 3 fully saturated rings. The fourth-order valence-corrected chi connectivity index (χ4v) is 6.18. The maximum atomic E-state index is 12.7. The molecule has 2 saturated heterocycles. The summed E-state index contributed by atoms with van der Waals surface area (Å²) in [5.41, 5.74) is 0. The van der Waals surface area contributed by atoms with Crippen molar-refractivity contribution in [2.45, 2.75) is 24.9 Å². The van der Waals surface area contributed by atoms with Crippen molar-refractivity contribution in [3.8, 4) is 5.75 Å². The van der Waals surface area contributed by atoms with Crippen LogP contribution in [-0.2, 0) is 14.6 Å². The molecule has 4 rings (SSSR count). The first kappa shape index (κ1) is 18.1. The number of carbonyl (C=O) groups excluding carboxylic acids is 1. The highest BCUT2D eigenvalue weighted by Gasteiger charge is 2.48. The second-order valence-corrected chi connectivity index (χ2v) is 10.0. The van der Waals surface area contributed by atoms with Gasteiger partial charge in [0.2, 0.25) is 0 Å². The van der Waals surface area contributed by atoms with Gasteiger partial charge in [0.05, 0.1) is 22.6 Å². The molecule has 0 N–H and O–H groups in total. The lowest BCUT2D eigenvalue weighted by Gasteiger charge is -2.44. The first-order chi connectivity index (χ1) is 12.4. The second kappa shape index (κ2) is 7.02. The molecule has 142 valence electrons. The number of ether oxygens (including phenoxy) is 1. The van der Waals surface area contributed by atoms with Crippen molar-refractivity contribution in [2.24, 2.45) is 5.92 Å². The predicted molar refractivity (Wildman–Crippen MR) is 99.2 cm³/mol. The van der Waals surface area contributed by atoms with Crippen molar-refractivity contribution in [1.82, 2.24) is 9.80 Å². The lowest BCUT2D eigenvalue weighted by Crippen LogP contribution is -2.61. The number of halogens is 1. The second-order valence-electron chi connectivity index (χ2n) is 7.46. The molecule has 0 radical (unpaired) electrons. The third-order valence-electron chi connectivity index (χ3n) is 5.49. The van der Waals surface area contributed by atoms with Crippen LogP contribution in [0.15, 0.2) is 24.3 Å². The Morgan fingerprint density at radius 2 is 1.88 bits per heavy atom. The van der Waals surface area contributed by atoms with Gasteiger partial charge in [-0.15, -0.1) is 0 Å². The van der Waals surface area contributed by atoms with Gasteiger partial charge in [-0.2, -0.15) is 0 Å². The molecule has 3 aliphatic rings. The minimum atomic E-state index is -3.11. The lowest BCUT2D eigenvalue weighted by molar-refractivity contribution is -0.139. The normalized spacial score (nSPS) is 28.0. The van der Waals surface area contributed by atoms with Crippen molar-refractivity contribution < 1.29 is 17.9 Å². The van der Waals surface area contributed by atoms with E-state index in [1.807, 2.05) is 0 Å². The van der Waals surface area contributed by atoms with Gasteiger partial charge in [0.15, 0.2) is 16.4 Å². The van der Waals surface area contributed by atoms with Crippen molar-refractivity contribution in [3.63, 3.8) is 0 Å². The Morgan fingerprint density at radius 1 is 1.15 bits per heavy atom. The maximum Gasteiger partial charge on any atom is 0.260 e. The molecule has 0 aromatic heterocycles. The van der Waals surface area contributed by atoms with E-state index in [1.54, 1.807) is 29.2 Å². The lowest BCUT2D eigenvalue weighted by atomic mass is 10.0. The summed E-state index contributed by atoms with van der Waals surface area (Å²) in [4.78, 5) is 16.7. The summed E-state index contributed by atoms with van der Waals surface area (Å²) >= 11 is 6.06. The third-order valence-corrected chi connectivity index (χ3v) is 7.50. The van der Waals surface area contributed by atoms with E-state index >= 15 is 0 Å². The zero-order valence-electron chi connectivity index (χ0n) is 14.5. The molecule has 8 heteroatoms. The molecular formula is C18H23ClN2O4S. The smallest absolute Gasteiger partial charge is 0.260 e. The van der Waals surface area contributed by atoms with Gasteiger partial charge in [0.1, 0.15) is 5.75 Å². The van der Waals surface area contributed by atoms with Crippen LogP contribution < -0.4 is 4.74 Å². The maximum absolute atomic E-state index is 12.7. The number of nitrogens with zero attached hydrogens (tertiary/aromatic N) is 2. The van der Waals surface area contributed by atoms with E-state index < -0.39 is 9.84 Å². The molecular weight excluding hydrogens is 376 g/mol. The van der Waals surface area contributed by atoms with Gasteiger partial charge in [-0.3, -0.25) is 9.69 Å². The highest BCUT2D eigenvalue weighted by molar-refractivity contribution is 7.91. The monoisotopic (exact) mass is 398 g/mol. The van der Waals surface area contributed by atoms with E-state index in [9.17, 15) is 13.2 Å². The van der Waals surface area contributed by atoms with Crippen LogP contribution in [0.4, 0.5) is 0 Å². The molecule has 0 bridgehead atoms. The molecule has 6 nitrogen and oxygen atoms in total. The molecule has 1 amide bonds.